The molecule has 0 saturated heterocycles. The smallest absolute Gasteiger partial charge is 0.322 e. The molecule has 0 amide bonds. The third-order valence-electron chi connectivity index (χ3n) is 2.52. The molecule has 0 aromatic heterocycles. The van der Waals surface area contributed by atoms with E-state index in [1.54, 1.807) is 21.0 Å². The van der Waals surface area contributed by atoms with Gasteiger partial charge in [0.05, 0.1) is 13.7 Å². The van der Waals surface area contributed by atoms with E-state index in [9.17, 15) is 4.79 Å². The average molecular weight is 267 g/mol. The molecule has 5 nitrogen and oxygen atoms in total. The summed E-state index contributed by atoms with van der Waals surface area (Å²) < 4.78 is 15.5. The van der Waals surface area contributed by atoms with E-state index in [2.05, 4.69) is 5.32 Å². The summed E-state index contributed by atoms with van der Waals surface area (Å²) in [6, 6.07) is 7.04. The zero-order chi connectivity index (χ0) is 14.1. The molecule has 1 aromatic carbocycles. The standard InChI is InChI=1S/C14H21NO4/c1-4-18-14(16)11(2)15-9-10-19-13-7-5-12(17-3)6-8-13/h5-8,11,15H,4,9-10H2,1-3H3. The molecule has 1 unspecified atom stereocenters. The average Bonchev–Trinajstić information content (AvgIpc) is 2.44. The first kappa shape index (κ1) is 15.3. The largest absolute Gasteiger partial charge is 0.497 e. The van der Waals surface area contributed by atoms with Gasteiger partial charge in [0.15, 0.2) is 0 Å². The van der Waals surface area contributed by atoms with Gasteiger partial charge in [0.1, 0.15) is 24.1 Å². The van der Waals surface area contributed by atoms with Crippen molar-refractivity contribution in [2.75, 3.05) is 26.9 Å². The van der Waals surface area contributed by atoms with E-state index in [1.807, 2.05) is 24.3 Å². The molecule has 0 radical (unpaired) electrons. The Morgan fingerprint density at radius 2 is 1.89 bits per heavy atom. The van der Waals surface area contributed by atoms with Crippen molar-refractivity contribution in [3.8, 4) is 11.5 Å². The Morgan fingerprint density at radius 1 is 1.26 bits per heavy atom. The van der Waals surface area contributed by atoms with Gasteiger partial charge < -0.3 is 19.5 Å². The molecule has 19 heavy (non-hydrogen) atoms. The summed E-state index contributed by atoms with van der Waals surface area (Å²) in [7, 11) is 1.62. The molecule has 5 heteroatoms. The Labute approximate surface area is 113 Å². The topological polar surface area (TPSA) is 56.8 Å². The fourth-order valence-corrected chi connectivity index (χ4v) is 1.47. The van der Waals surface area contributed by atoms with Crippen LogP contribution in [0.1, 0.15) is 13.8 Å². The molecule has 0 spiro atoms. The van der Waals surface area contributed by atoms with Crippen LogP contribution in [-0.4, -0.2) is 38.9 Å². The number of methoxy groups -OCH3 is 1. The lowest BCUT2D eigenvalue weighted by Crippen LogP contribution is -2.37. The number of benzene rings is 1. The van der Waals surface area contributed by atoms with E-state index in [-0.39, 0.29) is 12.0 Å². The van der Waals surface area contributed by atoms with E-state index < -0.39 is 0 Å². The van der Waals surface area contributed by atoms with Gasteiger partial charge in [-0.25, -0.2) is 0 Å². The first-order valence-corrected chi connectivity index (χ1v) is 6.34. The third kappa shape index (κ3) is 5.61. The van der Waals surface area contributed by atoms with Gasteiger partial charge in [-0.3, -0.25) is 4.79 Å². The van der Waals surface area contributed by atoms with Crippen molar-refractivity contribution in [1.29, 1.82) is 0 Å². The summed E-state index contributed by atoms with van der Waals surface area (Å²) in [6.07, 6.45) is 0. The van der Waals surface area contributed by atoms with E-state index in [1.165, 1.54) is 0 Å². The second kappa shape index (κ2) is 8.37. The van der Waals surface area contributed by atoms with Gasteiger partial charge in [-0.1, -0.05) is 0 Å². The zero-order valence-corrected chi connectivity index (χ0v) is 11.6. The van der Waals surface area contributed by atoms with Crippen LogP contribution in [-0.2, 0) is 9.53 Å². The SMILES string of the molecule is CCOC(=O)C(C)NCCOc1ccc(OC)cc1. The fourth-order valence-electron chi connectivity index (χ4n) is 1.47. The summed E-state index contributed by atoms with van der Waals surface area (Å²) in [5.41, 5.74) is 0. The molecule has 0 bridgehead atoms. The van der Waals surface area contributed by atoms with E-state index in [0.29, 0.717) is 19.8 Å². The van der Waals surface area contributed by atoms with Gasteiger partial charge in [-0.2, -0.15) is 0 Å². The molecule has 0 aliphatic rings. The molecule has 0 heterocycles. The van der Waals surface area contributed by atoms with Crippen molar-refractivity contribution < 1.29 is 19.0 Å². The van der Waals surface area contributed by atoms with Crippen molar-refractivity contribution in [1.82, 2.24) is 5.32 Å². The Bertz CT molecular complexity index is 378. The van der Waals surface area contributed by atoms with Crippen molar-refractivity contribution in [2.45, 2.75) is 19.9 Å². The normalized spacial score (nSPS) is 11.7. The molecule has 1 N–H and O–H groups in total. The number of esters is 1. The number of carbonyl (C=O) groups excluding carboxylic acids is 1. The first-order valence-electron chi connectivity index (χ1n) is 6.34. The molecule has 0 saturated carbocycles. The van der Waals surface area contributed by atoms with Gasteiger partial charge in [-0.05, 0) is 38.1 Å². The van der Waals surface area contributed by atoms with Crippen LogP contribution in [0.5, 0.6) is 11.5 Å². The van der Waals surface area contributed by atoms with Crippen molar-refractivity contribution in [2.24, 2.45) is 0 Å². The monoisotopic (exact) mass is 267 g/mol. The quantitative estimate of drug-likeness (QED) is 0.573. The molecule has 1 rings (SSSR count). The van der Waals surface area contributed by atoms with Gasteiger partial charge in [-0.15, -0.1) is 0 Å². The lowest BCUT2D eigenvalue weighted by molar-refractivity contribution is -0.145. The maximum Gasteiger partial charge on any atom is 0.322 e. The summed E-state index contributed by atoms with van der Waals surface area (Å²) in [5.74, 6) is 1.32. The van der Waals surface area contributed by atoms with Crippen LogP contribution in [0.25, 0.3) is 0 Å². The number of ether oxygens (including phenoxy) is 3. The van der Waals surface area contributed by atoms with Gasteiger partial charge >= 0.3 is 5.97 Å². The van der Waals surface area contributed by atoms with Crippen molar-refractivity contribution in [3.05, 3.63) is 24.3 Å². The number of hydrogen-bond acceptors (Lipinski definition) is 5. The second-order valence-electron chi connectivity index (χ2n) is 3.95. The predicted molar refractivity (Wildman–Crippen MR) is 72.6 cm³/mol. The minimum atomic E-state index is -0.320. The zero-order valence-electron chi connectivity index (χ0n) is 11.6. The molecule has 106 valence electrons. The van der Waals surface area contributed by atoms with Gasteiger partial charge in [0.25, 0.3) is 0 Å². The first-order chi connectivity index (χ1) is 9.17. The molecular formula is C14H21NO4. The highest BCUT2D eigenvalue weighted by Crippen LogP contribution is 2.16. The molecule has 1 aromatic rings. The molecule has 1 atom stereocenters. The fraction of sp³-hybridized carbons (Fsp3) is 0.500. The van der Waals surface area contributed by atoms with Crippen LogP contribution in [0, 0.1) is 0 Å². The lowest BCUT2D eigenvalue weighted by Gasteiger charge is -2.13. The Hall–Kier alpha value is -1.75. The predicted octanol–water partition coefficient (Wildman–Crippen LogP) is 1.62. The number of rotatable bonds is 8. The maximum absolute atomic E-state index is 11.3. The minimum Gasteiger partial charge on any atom is -0.497 e. The molecular weight excluding hydrogens is 246 g/mol. The third-order valence-corrected chi connectivity index (χ3v) is 2.52. The van der Waals surface area contributed by atoms with Crippen molar-refractivity contribution in [3.63, 3.8) is 0 Å². The van der Waals surface area contributed by atoms with Crippen molar-refractivity contribution >= 4 is 5.97 Å². The van der Waals surface area contributed by atoms with Crippen LogP contribution < -0.4 is 14.8 Å². The van der Waals surface area contributed by atoms with E-state index in [0.717, 1.165) is 11.5 Å². The maximum atomic E-state index is 11.3. The minimum absolute atomic E-state index is 0.244. The van der Waals surface area contributed by atoms with Crippen LogP contribution >= 0.6 is 0 Å². The highest BCUT2D eigenvalue weighted by atomic mass is 16.5. The second-order valence-corrected chi connectivity index (χ2v) is 3.95. The van der Waals surface area contributed by atoms with Crippen LogP contribution in [0.2, 0.25) is 0 Å². The number of nitrogens with one attached hydrogen (secondary N) is 1. The lowest BCUT2D eigenvalue weighted by atomic mass is 10.3. The van der Waals surface area contributed by atoms with Crippen LogP contribution in [0.3, 0.4) is 0 Å². The summed E-state index contributed by atoms with van der Waals surface area (Å²) in [6.45, 7) is 5.01. The molecule has 0 aliphatic heterocycles. The van der Waals surface area contributed by atoms with Gasteiger partial charge in [0, 0.05) is 6.54 Å². The number of carbonyl (C=O) groups is 1. The van der Waals surface area contributed by atoms with Crippen LogP contribution in [0.4, 0.5) is 0 Å². The Morgan fingerprint density at radius 3 is 2.47 bits per heavy atom. The highest BCUT2D eigenvalue weighted by Gasteiger charge is 2.12. The summed E-state index contributed by atoms with van der Waals surface area (Å²) >= 11 is 0. The highest BCUT2D eigenvalue weighted by molar-refractivity contribution is 5.75. The Kier molecular flexibility index (Phi) is 6.74. The van der Waals surface area contributed by atoms with E-state index >= 15 is 0 Å². The molecule has 0 fully saturated rings. The number of hydrogen-bond donors (Lipinski definition) is 1. The van der Waals surface area contributed by atoms with Gasteiger partial charge in [0.2, 0.25) is 0 Å². The molecule has 0 aliphatic carbocycles. The van der Waals surface area contributed by atoms with Crippen LogP contribution in [0.15, 0.2) is 24.3 Å². The van der Waals surface area contributed by atoms with E-state index in [4.69, 9.17) is 14.2 Å². The summed E-state index contributed by atoms with van der Waals surface area (Å²) in [4.78, 5) is 11.3. The summed E-state index contributed by atoms with van der Waals surface area (Å²) in [5, 5.41) is 3.04. The Balaban J connectivity index is 2.21.